The Morgan fingerprint density at radius 2 is 1.64 bits per heavy atom. The van der Waals surface area contributed by atoms with Gasteiger partial charge in [0.2, 0.25) is 0 Å². The van der Waals surface area contributed by atoms with E-state index in [0.29, 0.717) is 27.9 Å². The molecule has 0 saturated heterocycles. The fourth-order valence-corrected chi connectivity index (χ4v) is 4.56. The van der Waals surface area contributed by atoms with Gasteiger partial charge in [0.05, 0.1) is 24.4 Å². The van der Waals surface area contributed by atoms with Gasteiger partial charge in [0.15, 0.2) is 0 Å². The van der Waals surface area contributed by atoms with Gasteiger partial charge in [-0.05, 0) is 59.7 Å². The molecular formula is C25H17F3N2O5S. The molecule has 184 valence electrons. The van der Waals surface area contributed by atoms with Crippen LogP contribution in [-0.4, -0.2) is 33.3 Å². The molecule has 4 aromatic rings. The summed E-state index contributed by atoms with van der Waals surface area (Å²) in [4.78, 5) is 13.1. The predicted octanol–water partition coefficient (Wildman–Crippen LogP) is 5.00. The van der Waals surface area contributed by atoms with E-state index in [0.717, 1.165) is 11.7 Å². The zero-order valence-corrected chi connectivity index (χ0v) is 19.4. The van der Waals surface area contributed by atoms with Crippen LogP contribution >= 0.6 is 11.7 Å². The third-order valence-corrected chi connectivity index (χ3v) is 6.27. The number of alkyl halides is 3. The summed E-state index contributed by atoms with van der Waals surface area (Å²) in [6.45, 7) is 0. The second-order valence-electron chi connectivity index (χ2n) is 7.95. The van der Waals surface area contributed by atoms with Crippen LogP contribution in [-0.2, 0) is 21.7 Å². The number of benzene rings is 3. The molecule has 0 amide bonds. The SMILES string of the molecule is COc1ccc(C2(O)OC(=O)C(c3ccc4nsnc4c3)=C2Cc2ccc(OC(F)(F)F)cc2)cc1. The number of carbonyl (C=O) groups is 1. The average Bonchev–Trinajstić information content (AvgIpc) is 3.41. The number of ether oxygens (including phenoxy) is 3. The van der Waals surface area contributed by atoms with Crippen molar-refractivity contribution < 1.29 is 37.3 Å². The fraction of sp³-hybridized carbons (Fsp3) is 0.160. The summed E-state index contributed by atoms with van der Waals surface area (Å²) in [5.41, 5.74) is 2.88. The lowest BCUT2D eigenvalue weighted by molar-refractivity contribution is -0.274. The Bertz CT molecular complexity index is 1470. The molecule has 1 aromatic heterocycles. The van der Waals surface area contributed by atoms with Crippen LogP contribution in [0.2, 0.25) is 0 Å². The first-order valence-corrected chi connectivity index (χ1v) is 11.3. The van der Waals surface area contributed by atoms with Gasteiger partial charge in [0, 0.05) is 17.6 Å². The third-order valence-electron chi connectivity index (χ3n) is 5.72. The monoisotopic (exact) mass is 514 g/mol. The standard InChI is InChI=1S/C25H17F3N2O5S/c1-33-17-9-5-16(6-10-17)24(32)19(12-14-2-7-18(8-3-14)34-25(26,27)28)22(23(31)35-24)15-4-11-20-21(13-15)30-36-29-20/h2-11,13,32H,12H2,1H3. The molecule has 5 rings (SSSR count). The van der Waals surface area contributed by atoms with Crippen LogP contribution in [0.5, 0.6) is 11.5 Å². The highest BCUT2D eigenvalue weighted by Crippen LogP contribution is 2.45. The quantitative estimate of drug-likeness (QED) is 0.362. The summed E-state index contributed by atoms with van der Waals surface area (Å²) in [5, 5.41) is 11.7. The molecule has 0 aliphatic carbocycles. The van der Waals surface area contributed by atoms with E-state index in [9.17, 15) is 23.1 Å². The number of carbonyl (C=O) groups excluding carboxylic acids is 1. The largest absolute Gasteiger partial charge is 0.573 e. The van der Waals surface area contributed by atoms with E-state index in [1.165, 1.54) is 31.4 Å². The topological polar surface area (TPSA) is 90.8 Å². The molecule has 7 nitrogen and oxygen atoms in total. The normalized spacial score (nSPS) is 18.0. The van der Waals surface area contributed by atoms with E-state index in [2.05, 4.69) is 13.5 Å². The summed E-state index contributed by atoms with van der Waals surface area (Å²) in [7, 11) is 1.50. The smallest absolute Gasteiger partial charge is 0.497 e. The Hall–Kier alpha value is -3.96. The number of esters is 1. The highest BCUT2D eigenvalue weighted by Gasteiger charge is 2.48. The molecule has 1 aliphatic rings. The van der Waals surface area contributed by atoms with Crippen molar-refractivity contribution in [2.24, 2.45) is 0 Å². The van der Waals surface area contributed by atoms with Crippen molar-refractivity contribution in [3.05, 3.63) is 89.0 Å². The minimum absolute atomic E-state index is 0.00323. The highest BCUT2D eigenvalue weighted by atomic mass is 32.1. The Kier molecular flexibility index (Phi) is 5.89. The summed E-state index contributed by atoms with van der Waals surface area (Å²) < 4.78 is 60.7. The fourth-order valence-electron chi connectivity index (χ4n) is 4.04. The summed E-state index contributed by atoms with van der Waals surface area (Å²) in [5.74, 6) is -2.71. The lowest BCUT2D eigenvalue weighted by Gasteiger charge is -2.26. The van der Waals surface area contributed by atoms with Crippen molar-refractivity contribution in [3.63, 3.8) is 0 Å². The van der Waals surface area contributed by atoms with Crippen LogP contribution in [0.4, 0.5) is 13.2 Å². The van der Waals surface area contributed by atoms with E-state index in [4.69, 9.17) is 9.47 Å². The molecule has 0 bridgehead atoms. The van der Waals surface area contributed by atoms with Crippen molar-refractivity contribution >= 4 is 34.3 Å². The van der Waals surface area contributed by atoms with E-state index in [1.54, 1.807) is 42.5 Å². The minimum atomic E-state index is -4.82. The molecule has 3 aromatic carbocycles. The summed E-state index contributed by atoms with van der Waals surface area (Å²) >= 11 is 1.03. The van der Waals surface area contributed by atoms with Gasteiger partial charge in [-0.25, -0.2) is 4.79 Å². The molecular weight excluding hydrogens is 497 g/mol. The van der Waals surface area contributed by atoms with Crippen LogP contribution < -0.4 is 9.47 Å². The lowest BCUT2D eigenvalue weighted by Crippen LogP contribution is -2.29. The second-order valence-corrected chi connectivity index (χ2v) is 8.48. The van der Waals surface area contributed by atoms with Crippen molar-refractivity contribution in [2.45, 2.75) is 18.6 Å². The van der Waals surface area contributed by atoms with Crippen LogP contribution in [0, 0.1) is 0 Å². The van der Waals surface area contributed by atoms with Gasteiger partial charge in [-0.3, -0.25) is 0 Å². The molecule has 0 saturated carbocycles. The molecule has 1 atom stereocenters. The molecule has 2 heterocycles. The van der Waals surface area contributed by atoms with Crippen molar-refractivity contribution in [2.75, 3.05) is 7.11 Å². The molecule has 1 unspecified atom stereocenters. The summed E-state index contributed by atoms with van der Waals surface area (Å²) in [6.07, 6.45) is -4.82. The van der Waals surface area contributed by atoms with Gasteiger partial charge in [0.1, 0.15) is 22.5 Å². The maximum absolute atomic E-state index is 13.1. The number of halogens is 3. The van der Waals surface area contributed by atoms with Gasteiger partial charge < -0.3 is 19.3 Å². The van der Waals surface area contributed by atoms with E-state index >= 15 is 0 Å². The number of hydrogen-bond donors (Lipinski definition) is 1. The second kappa shape index (κ2) is 8.92. The summed E-state index contributed by atoms with van der Waals surface area (Å²) in [6, 6.07) is 16.6. The van der Waals surface area contributed by atoms with Crippen molar-refractivity contribution in [1.82, 2.24) is 8.75 Å². The van der Waals surface area contributed by atoms with Gasteiger partial charge in [-0.1, -0.05) is 18.2 Å². The van der Waals surface area contributed by atoms with Gasteiger partial charge in [-0.2, -0.15) is 8.75 Å². The molecule has 36 heavy (non-hydrogen) atoms. The Labute approximate surface area is 206 Å². The number of methoxy groups -OCH3 is 1. The predicted molar refractivity (Wildman–Crippen MR) is 124 cm³/mol. The van der Waals surface area contributed by atoms with Crippen LogP contribution in [0.1, 0.15) is 16.7 Å². The molecule has 0 radical (unpaired) electrons. The highest BCUT2D eigenvalue weighted by molar-refractivity contribution is 7.00. The van der Waals surface area contributed by atoms with Gasteiger partial charge in [-0.15, -0.1) is 13.2 Å². The first-order chi connectivity index (χ1) is 17.2. The molecule has 1 N–H and O–H groups in total. The van der Waals surface area contributed by atoms with Crippen molar-refractivity contribution in [3.8, 4) is 11.5 Å². The van der Waals surface area contributed by atoms with E-state index in [1.807, 2.05) is 0 Å². The number of aromatic nitrogens is 2. The first kappa shape index (κ1) is 23.8. The zero-order chi connectivity index (χ0) is 25.5. The van der Waals surface area contributed by atoms with Gasteiger partial charge in [0.25, 0.3) is 5.79 Å². The zero-order valence-electron chi connectivity index (χ0n) is 18.6. The Balaban J connectivity index is 1.61. The maximum atomic E-state index is 13.1. The number of aliphatic hydroxyl groups is 1. The lowest BCUT2D eigenvalue weighted by atomic mass is 9.88. The van der Waals surface area contributed by atoms with Crippen molar-refractivity contribution in [1.29, 1.82) is 0 Å². The molecule has 0 spiro atoms. The number of nitrogens with zero attached hydrogens (tertiary/aromatic N) is 2. The van der Waals surface area contributed by atoms with E-state index < -0.39 is 18.1 Å². The van der Waals surface area contributed by atoms with Crippen LogP contribution in [0.25, 0.3) is 16.6 Å². The molecule has 0 fully saturated rings. The molecule has 1 aliphatic heterocycles. The third kappa shape index (κ3) is 4.50. The van der Waals surface area contributed by atoms with Crippen LogP contribution in [0.3, 0.4) is 0 Å². The minimum Gasteiger partial charge on any atom is -0.497 e. The maximum Gasteiger partial charge on any atom is 0.573 e. The average molecular weight is 514 g/mol. The number of rotatable bonds is 6. The van der Waals surface area contributed by atoms with Crippen LogP contribution in [0.15, 0.2) is 72.3 Å². The number of cyclic esters (lactones) is 1. The van der Waals surface area contributed by atoms with E-state index in [-0.39, 0.29) is 28.9 Å². The first-order valence-electron chi connectivity index (χ1n) is 10.6. The number of fused-ring (bicyclic) bond motifs is 1. The van der Waals surface area contributed by atoms with Gasteiger partial charge >= 0.3 is 12.3 Å². The molecule has 11 heteroatoms. The Morgan fingerprint density at radius 3 is 2.31 bits per heavy atom. The number of hydrogen-bond acceptors (Lipinski definition) is 8. The Morgan fingerprint density at radius 1 is 0.972 bits per heavy atom.